The standard InChI is InChI=1S/C15H26N4O/c1-2-20-15-11-14(17-12-18-15)19(10-6-9-16)13-7-4-3-5-8-13/h11-13H,2-10,16H2,1H3. The number of aromatic nitrogens is 2. The van der Waals surface area contributed by atoms with Gasteiger partial charge >= 0.3 is 0 Å². The Bertz CT molecular complexity index is 393. The molecule has 0 saturated heterocycles. The van der Waals surface area contributed by atoms with E-state index in [-0.39, 0.29) is 0 Å². The molecule has 20 heavy (non-hydrogen) atoms. The Kier molecular flexibility index (Phi) is 6.05. The molecule has 0 unspecified atom stereocenters. The Labute approximate surface area is 121 Å². The second-order valence-corrected chi connectivity index (χ2v) is 5.27. The molecule has 0 aromatic carbocycles. The molecule has 1 aliphatic rings. The molecular weight excluding hydrogens is 252 g/mol. The van der Waals surface area contributed by atoms with E-state index in [0.717, 1.165) is 18.8 Å². The Morgan fingerprint density at radius 1 is 1.30 bits per heavy atom. The number of nitrogens with two attached hydrogens (primary N) is 1. The van der Waals surface area contributed by atoms with Crippen molar-refractivity contribution in [1.29, 1.82) is 0 Å². The molecule has 5 heteroatoms. The number of nitrogens with zero attached hydrogens (tertiary/aromatic N) is 3. The van der Waals surface area contributed by atoms with Crippen molar-refractivity contribution >= 4 is 5.82 Å². The van der Waals surface area contributed by atoms with Gasteiger partial charge in [-0.25, -0.2) is 9.97 Å². The van der Waals surface area contributed by atoms with E-state index >= 15 is 0 Å². The van der Waals surface area contributed by atoms with Crippen LogP contribution in [0.25, 0.3) is 0 Å². The summed E-state index contributed by atoms with van der Waals surface area (Å²) < 4.78 is 5.49. The van der Waals surface area contributed by atoms with Gasteiger partial charge < -0.3 is 15.4 Å². The summed E-state index contributed by atoms with van der Waals surface area (Å²) in [6.45, 7) is 4.27. The first kappa shape index (κ1) is 15.0. The lowest BCUT2D eigenvalue weighted by Gasteiger charge is -2.35. The van der Waals surface area contributed by atoms with Crippen molar-refractivity contribution in [2.75, 3.05) is 24.6 Å². The molecule has 0 spiro atoms. The van der Waals surface area contributed by atoms with Crippen molar-refractivity contribution < 1.29 is 4.74 Å². The Morgan fingerprint density at radius 2 is 2.10 bits per heavy atom. The second-order valence-electron chi connectivity index (χ2n) is 5.27. The number of rotatable bonds is 7. The van der Waals surface area contributed by atoms with Gasteiger partial charge in [-0.1, -0.05) is 19.3 Å². The molecule has 1 fully saturated rings. The lowest BCUT2D eigenvalue weighted by molar-refractivity contribution is 0.325. The Hall–Kier alpha value is -1.36. The van der Waals surface area contributed by atoms with Crippen molar-refractivity contribution in [2.45, 2.75) is 51.5 Å². The lowest BCUT2D eigenvalue weighted by atomic mass is 9.94. The van der Waals surface area contributed by atoms with Gasteiger partial charge in [0.2, 0.25) is 5.88 Å². The van der Waals surface area contributed by atoms with Crippen molar-refractivity contribution in [3.63, 3.8) is 0 Å². The molecule has 0 bridgehead atoms. The second kappa shape index (κ2) is 8.04. The predicted molar refractivity (Wildman–Crippen MR) is 81.1 cm³/mol. The van der Waals surface area contributed by atoms with Crippen LogP contribution < -0.4 is 15.4 Å². The molecule has 1 saturated carbocycles. The van der Waals surface area contributed by atoms with E-state index in [0.29, 0.717) is 25.1 Å². The SMILES string of the molecule is CCOc1cc(N(CCCN)C2CCCCC2)ncn1. The van der Waals surface area contributed by atoms with Crippen molar-refractivity contribution in [3.05, 3.63) is 12.4 Å². The minimum Gasteiger partial charge on any atom is -0.478 e. The molecule has 0 radical (unpaired) electrons. The van der Waals surface area contributed by atoms with E-state index in [9.17, 15) is 0 Å². The predicted octanol–water partition coefficient (Wildman–Crippen LogP) is 2.36. The lowest BCUT2D eigenvalue weighted by Crippen LogP contribution is -2.38. The van der Waals surface area contributed by atoms with E-state index < -0.39 is 0 Å². The molecule has 112 valence electrons. The first-order valence-electron chi connectivity index (χ1n) is 7.76. The average Bonchev–Trinajstić information content (AvgIpc) is 2.50. The summed E-state index contributed by atoms with van der Waals surface area (Å²) in [7, 11) is 0. The van der Waals surface area contributed by atoms with Gasteiger partial charge in [-0.05, 0) is 32.7 Å². The van der Waals surface area contributed by atoms with E-state index in [4.69, 9.17) is 10.5 Å². The van der Waals surface area contributed by atoms with Crippen LogP contribution in [0, 0.1) is 0 Å². The van der Waals surface area contributed by atoms with Crippen LogP contribution in [0.5, 0.6) is 5.88 Å². The highest BCUT2D eigenvalue weighted by Gasteiger charge is 2.22. The number of ether oxygens (including phenoxy) is 1. The van der Waals surface area contributed by atoms with E-state index in [1.54, 1.807) is 6.33 Å². The molecule has 5 nitrogen and oxygen atoms in total. The molecule has 1 aliphatic carbocycles. The highest BCUT2D eigenvalue weighted by Crippen LogP contribution is 2.27. The van der Waals surface area contributed by atoms with Gasteiger partial charge in [-0.3, -0.25) is 0 Å². The fourth-order valence-electron chi connectivity index (χ4n) is 2.85. The highest BCUT2D eigenvalue weighted by molar-refractivity contribution is 5.42. The summed E-state index contributed by atoms with van der Waals surface area (Å²) >= 11 is 0. The first-order chi connectivity index (χ1) is 9.85. The quantitative estimate of drug-likeness (QED) is 0.829. The van der Waals surface area contributed by atoms with Crippen LogP contribution in [-0.4, -0.2) is 35.7 Å². The summed E-state index contributed by atoms with van der Waals surface area (Å²) in [4.78, 5) is 11.0. The van der Waals surface area contributed by atoms with Gasteiger partial charge in [-0.2, -0.15) is 0 Å². The summed E-state index contributed by atoms with van der Waals surface area (Å²) in [5.74, 6) is 1.63. The molecule has 1 aromatic rings. The van der Waals surface area contributed by atoms with Gasteiger partial charge in [0.1, 0.15) is 12.1 Å². The van der Waals surface area contributed by atoms with Gasteiger partial charge in [0, 0.05) is 18.7 Å². The van der Waals surface area contributed by atoms with Gasteiger partial charge in [0.15, 0.2) is 0 Å². The molecule has 0 aliphatic heterocycles. The largest absolute Gasteiger partial charge is 0.478 e. The maximum absolute atomic E-state index is 5.68. The van der Waals surface area contributed by atoms with Crippen molar-refractivity contribution in [1.82, 2.24) is 9.97 Å². The third-order valence-corrected chi connectivity index (χ3v) is 3.83. The number of hydrogen-bond acceptors (Lipinski definition) is 5. The minimum absolute atomic E-state index is 0.583. The smallest absolute Gasteiger partial charge is 0.218 e. The zero-order chi connectivity index (χ0) is 14.2. The van der Waals surface area contributed by atoms with E-state index in [1.165, 1.54) is 32.1 Å². The molecule has 0 atom stereocenters. The third-order valence-electron chi connectivity index (χ3n) is 3.83. The topological polar surface area (TPSA) is 64.3 Å². The fraction of sp³-hybridized carbons (Fsp3) is 0.733. The molecular formula is C15H26N4O. The van der Waals surface area contributed by atoms with Crippen LogP contribution in [0.2, 0.25) is 0 Å². The number of hydrogen-bond donors (Lipinski definition) is 1. The van der Waals surface area contributed by atoms with Crippen LogP contribution in [0.15, 0.2) is 12.4 Å². The summed E-state index contributed by atoms with van der Waals surface area (Å²) in [6, 6.07) is 2.54. The molecule has 1 aromatic heterocycles. The van der Waals surface area contributed by atoms with E-state index in [1.807, 2.05) is 13.0 Å². The zero-order valence-electron chi connectivity index (χ0n) is 12.4. The van der Waals surface area contributed by atoms with Crippen LogP contribution in [0.4, 0.5) is 5.82 Å². The zero-order valence-corrected chi connectivity index (χ0v) is 12.4. The van der Waals surface area contributed by atoms with Gasteiger partial charge in [0.25, 0.3) is 0 Å². The maximum atomic E-state index is 5.68. The monoisotopic (exact) mass is 278 g/mol. The molecule has 2 rings (SSSR count). The molecule has 2 N–H and O–H groups in total. The minimum atomic E-state index is 0.583. The Morgan fingerprint density at radius 3 is 2.80 bits per heavy atom. The summed E-state index contributed by atoms with van der Waals surface area (Å²) in [6.07, 6.45) is 9.07. The highest BCUT2D eigenvalue weighted by atomic mass is 16.5. The van der Waals surface area contributed by atoms with Crippen LogP contribution in [0.1, 0.15) is 45.4 Å². The van der Waals surface area contributed by atoms with Crippen molar-refractivity contribution in [2.24, 2.45) is 5.73 Å². The molecule has 0 amide bonds. The average molecular weight is 278 g/mol. The first-order valence-corrected chi connectivity index (χ1v) is 7.76. The summed E-state index contributed by atoms with van der Waals surface area (Å²) in [5.41, 5.74) is 5.68. The summed E-state index contributed by atoms with van der Waals surface area (Å²) in [5, 5.41) is 0. The van der Waals surface area contributed by atoms with E-state index in [2.05, 4.69) is 14.9 Å². The Balaban J connectivity index is 2.13. The van der Waals surface area contributed by atoms with Gasteiger partial charge in [-0.15, -0.1) is 0 Å². The third kappa shape index (κ3) is 4.07. The normalized spacial score (nSPS) is 16.1. The van der Waals surface area contributed by atoms with Crippen molar-refractivity contribution in [3.8, 4) is 5.88 Å². The van der Waals surface area contributed by atoms with Crippen LogP contribution in [0.3, 0.4) is 0 Å². The van der Waals surface area contributed by atoms with Crippen LogP contribution >= 0.6 is 0 Å². The fourth-order valence-corrected chi connectivity index (χ4v) is 2.85. The maximum Gasteiger partial charge on any atom is 0.218 e. The number of anilines is 1. The van der Waals surface area contributed by atoms with Crippen LogP contribution in [-0.2, 0) is 0 Å². The molecule has 1 heterocycles. The van der Waals surface area contributed by atoms with Gasteiger partial charge in [0.05, 0.1) is 6.61 Å².